The quantitative estimate of drug-likeness (QED) is 0.640. The standard InChI is InChI=1S/C20H23NO4/c1-14(2)18(19(22)25-17-11-9-15(3)10-12-17)21-20(23)24-13-16-7-5-4-6-8-16/h4-12,14,18H,13H2,1-3H3,(H,21,23)/t18-/m0/s1. The topological polar surface area (TPSA) is 64.6 Å². The molecule has 0 saturated heterocycles. The largest absolute Gasteiger partial charge is 0.445 e. The number of hydrogen-bond donors (Lipinski definition) is 1. The van der Waals surface area contributed by atoms with Crippen molar-refractivity contribution in [3.8, 4) is 5.75 Å². The molecule has 2 aromatic rings. The first-order valence-electron chi connectivity index (χ1n) is 8.21. The first-order chi connectivity index (χ1) is 12.0. The van der Waals surface area contributed by atoms with Gasteiger partial charge in [0.15, 0.2) is 0 Å². The lowest BCUT2D eigenvalue weighted by molar-refractivity contribution is -0.137. The molecule has 1 N–H and O–H groups in total. The third-order valence-electron chi connectivity index (χ3n) is 3.65. The van der Waals surface area contributed by atoms with Crippen LogP contribution in [0.3, 0.4) is 0 Å². The number of nitrogens with one attached hydrogen (secondary N) is 1. The number of carbonyl (C=O) groups excluding carboxylic acids is 2. The van der Waals surface area contributed by atoms with E-state index in [1.54, 1.807) is 12.1 Å². The number of carbonyl (C=O) groups is 2. The van der Waals surface area contributed by atoms with E-state index in [9.17, 15) is 9.59 Å². The van der Waals surface area contributed by atoms with Gasteiger partial charge in [0.2, 0.25) is 0 Å². The Bertz CT molecular complexity index is 695. The van der Waals surface area contributed by atoms with Gasteiger partial charge < -0.3 is 14.8 Å². The van der Waals surface area contributed by atoms with Crippen LogP contribution in [-0.4, -0.2) is 18.1 Å². The maximum Gasteiger partial charge on any atom is 0.408 e. The van der Waals surface area contributed by atoms with Gasteiger partial charge in [-0.3, -0.25) is 0 Å². The van der Waals surface area contributed by atoms with Crippen LogP contribution in [0.1, 0.15) is 25.0 Å². The molecule has 132 valence electrons. The number of benzene rings is 2. The first-order valence-corrected chi connectivity index (χ1v) is 8.21. The second-order valence-corrected chi connectivity index (χ2v) is 6.16. The van der Waals surface area contributed by atoms with E-state index in [1.165, 1.54) is 0 Å². The number of ether oxygens (including phenoxy) is 2. The van der Waals surface area contributed by atoms with Crippen molar-refractivity contribution in [3.05, 3.63) is 65.7 Å². The van der Waals surface area contributed by atoms with E-state index in [0.29, 0.717) is 5.75 Å². The Morgan fingerprint density at radius 2 is 1.64 bits per heavy atom. The van der Waals surface area contributed by atoms with Crippen molar-refractivity contribution in [2.75, 3.05) is 0 Å². The number of esters is 1. The molecule has 0 aliphatic carbocycles. The Morgan fingerprint density at radius 3 is 2.24 bits per heavy atom. The van der Waals surface area contributed by atoms with Crippen LogP contribution in [0.15, 0.2) is 54.6 Å². The Balaban J connectivity index is 1.91. The summed E-state index contributed by atoms with van der Waals surface area (Å²) in [6.45, 7) is 5.76. The molecule has 1 amide bonds. The molecule has 0 fully saturated rings. The highest BCUT2D eigenvalue weighted by Crippen LogP contribution is 2.14. The highest BCUT2D eigenvalue weighted by Gasteiger charge is 2.26. The molecule has 0 spiro atoms. The van der Waals surface area contributed by atoms with E-state index in [1.807, 2.05) is 63.2 Å². The fourth-order valence-corrected chi connectivity index (χ4v) is 2.18. The van der Waals surface area contributed by atoms with E-state index in [-0.39, 0.29) is 12.5 Å². The minimum atomic E-state index is -0.787. The van der Waals surface area contributed by atoms with Crippen molar-refractivity contribution in [2.45, 2.75) is 33.4 Å². The van der Waals surface area contributed by atoms with E-state index in [0.717, 1.165) is 11.1 Å². The molecule has 1 atom stereocenters. The molecule has 5 nitrogen and oxygen atoms in total. The Hall–Kier alpha value is -2.82. The molecule has 0 radical (unpaired) electrons. The van der Waals surface area contributed by atoms with Crippen LogP contribution in [0.25, 0.3) is 0 Å². The Kier molecular flexibility index (Phi) is 6.57. The van der Waals surface area contributed by atoms with E-state index in [2.05, 4.69) is 5.32 Å². The monoisotopic (exact) mass is 341 g/mol. The molecule has 0 unspecified atom stereocenters. The average molecular weight is 341 g/mol. The second-order valence-electron chi connectivity index (χ2n) is 6.16. The highest BCUT2D eigenvalue weighted by atomic mass is 16.6. The number of hydrogen-bond acceptors (Lipinski definition) is 4. The molecule has 0 saturated carbocycles. The van der Waals surface area contributed by atoms with Gasteiger partial charge in [-0.15, -0.1) is 0 Å². The predicted molar refractivity (Wildman–Crippen MR) is 95.2 cm³/mol. The van der Waals surface area contributed by atoms with Crippen molar-refractivity contribution in [1.29, 1.82) is 0 Å². The number of alkyl carbamates (subject to hydrolysis) is 1. The summed E-state index contributed by atoms with van der Waals surface area (Å²) in [5.74, 6) is -0.210. The van der Waals surface area contributed by atoms with E-state index in [4.69, 9.17) is 9.47 Å². The lowest BCUT2D eigenvalue weighted by Gasteiger charge is -2.20. The summed E-state index contributed by atoms with van der Waals surface area (Å²) in [7, 11) is 0. The number of amides is 1. The highest BCUT2D eigenvalue weighted by molar-refractivity contribution is 5.83. The Morgan fingerprint density at radius 1 is 1.00 bits per heavy atom. The fourth-order valence-electron chi connectivity index (χ4n) is 2.18. The maximum atomic E-state index is 12.4. The molecule has 2 rings (SSSR count). The Labute approximate surface area is 148 Å². The molecule has 5 heteroatoms. The van der Waals surface area contributed by atoms with Crippen LogP contribution in [0, 0.1) is 12.8 Å². The van der Waals surface area contributed by atoms with Gasteiger partial charge in [-0.05, 0) is 30.5 Å². The lowest BCUT2D eigenvalue weighted by Crippen LogP contribution is -2.46. The molecule has 0 heterocycles. The van der Waals surface area contributed by atoms with Crippen LogP contribution >= 0.6 is 0 Å². The summed E-state index contributed by atoms with van der Waals surface area (Å²) in [5, 5.41) is 2.58. The maximum absolute atomic E-state index is 12.4. The van der Waals surface area contributed by atoms with E-state index >= 15 is 0 Å². The summed E-state index contributed by atoms with van der Waals surface area (Å²) >= 11 is 0. The van der Waals surface area contributed by atoms with Gasteiger partial charge >= 0.3 is 12.1 Å². The minimum Gasteiger partial charge on any atom is -0.445 e. The fraction of sp³-hybridized carbons (Fsp3) is 0.300. The molecule has 0 aromatic heterocycles. The van der Waals surface area contributed by atoms with Crippen molar-refractivity contribution < 1.29 is 19.1 Å². The molecular weight excluding hydrogens is 318 g/mol. The first kappa shape index (κ1) is 18.5. The number of aryl methyl sites for hydroxylation is 1. The molecular formula is C20H23NO4. The third-order valence-corrected chi connectivity index (χ3v) is 3.65. The smallest absolute Gasteiger partial charge is 0.408 e. The van der Waals surface area contributed by atoms with Crippen LogP contribution in [0.2, 0.25) is 0 Å². The van der Waals surface area contributed by atoms with Gasteiger partial charge in [0.1, 0.15) is 18.4 Å². The minimum absolute atomic E-state index is 0.137. The van der Waals surface area contributed by atoms with Crippen molar-refractivity contribution in [1.82, 2.24) is 5.32 Å². The molecule has 25 heavy (non-hydrogen) atoms. The van der Waals surface area contributed by atoms with Gasteiger partial charge in [-0.2, -0.15) is 0 Å². The predicted octanol–water partition coefficient (Wildman–Crippen LogP) is 3.85. The summed E-state index contributed by atoms with van der Waals surface area (Å²) < 4.78 is 10.5. The molecule has 0 bridgehead atoms. The van der Waals surface area contributed by atoms with Crippen LogP contribution in [0.5, 0.6) is 5.75 Å². The summed E-state index contributed by atoms with van der Waals surface area (Å²) in [6, 6.07) is 15.7. The second kappa shape index (κ2) is 8.87. The lowest BCUT2D eigenvalue weighted by atomic mass is 10.1. The van der Waals surface area contributed by atoms with Crippen LogP contribution in [0.4, 0.5) is 4.79 Å². The van der Waals surface area contributed by atoms with Gasteiger partial charge in [0.25, 0.3) is 0 Å². The SMILES string of the molecule is Cc1ccc(OC(=O)[C@@H](NC(=O)OCc2ccccc2)C(C)C)cc1. The van der Waals surface area contributed by atoms with Crippen molar-refractivity contribution >= 4 is 12.1 Å². The third kappa shape index (κ3) is 5.95. The van der Waals surface area contributed by atoms with Gasteiger partial charge in [0.05, 0.1) is 0 Å². The zero-order valence-electron chi connectivity index (χ0n) is 14.7. The zero-order chi connectivity index (χ0) is 18.2. The summed E-state index contributed by atoms with van der Waals surface area (Å²) in [5.41, 5.74) is 1.95. The molecule has 2 aromatic carbocycles. The zero-order valence-corrected chi connectivity index (χ0v) is 14.7. The van der Waals surface area contributed by atoms with Crippen LogP contribution < -0.4 is 10.1 Å². The summed E-state index contributed by atoms with van der Waals surface area (Å²) in [6.07, 6.45) is -0.650. The van der Waals surface area contributed by atoms with E-state index < -0.39 is 18.1 Å². The van der Waals surface area contributed by atoms with Gasteiger partial charge in [-0.1, -0.05) is 61.9 Å². The molecule has 0 aliphatic heterocycles. The van der Waals surface area contributed by atoms with Gasteiger partial charge in [0, 0.05) is 0 Å². The normalized spacial score (nSPS) is 11.7. The van der Waals surface area contributed by atoms with Crippen molar-refractivity contribution in [2.24, 2.45) is 5.92 Å². The van der Waals surface area contributed by atoms with Crippen molar-refractivity contribution in [3.63, 3.8) is 0 Å². The average Bonchev–Trinajstić information content (AvgIpc) is 2.60. The molecule has 0 aliphatic rings. The van der Waals surface area contributed by atoms with Gasteiger partial charge in [-0.25, -0.2) is 9.59 Å². The van der Waals surface area contributed by atoms with Crippen LogP contribution in [-0.2, 0) is 16.1 Å². The number of rotatable bonds is 6. The summed E-state index contributed by atoms with van der Waals surface area (Å²) in [4.78, 5) is 24.3.